The summed E-state index contributed by atoms with van der Waals surface area (Å²) in [6.45, 7) is 10.6. The summed E-state index contributed by atoms with van der Waals surface area (Å²) in [7, 11) is -0.276. The van der Waals surface area contributed by atoms with Gasteiger partial charge in [-0.15, -0.1) is 0 Å². The number of rotatable bonds is 8. The molecule has 6 heteroatoms. The van der Waals surface area contributed by atoms with E-state index in [0.717, 1.165) is 30.5 Å². The van der Waals surface area contributed by atoms with Gasteiger partial charge in [0.2, 0.25) is 0 Å². The van der Waals surface area contributed by atoms with E-state index >= 15 is 0 Å². The first kappa shape index (κ1) is 20.1. The Bertz CT molecular complexity index is 544. The molecule has 1 aromatic rings. The molecule has 1 heterocycles. The van der Waals surface area contributed by atoms with Crippen molar-refractivity contribution in [3.05, 3.63) is 15.8 Å². The number of carbonyl (C=O) groups is 2. The van der Waals surface area contributed by atoms with E-state index in [9.17, 15) is 9.59 Å². The summed E-state index contributed by atoms with van der Waals surface area (Å²) in [5, 5.41) is 4.92. The summed E-state index contributed by atoms with van der Waals surface area (Å²) < 4.78 is 4.82. The van der Waals surface area contributed by atoms with E-state index in [-0.39, 0.29) is 11.6 Å². The molecule has 0 spiro atoms. The maximum absolute atomic E-state index is 13.0. The van der Waals surface area contributed by atoms with Gasteiger partial charge in [0.25, 0.3) is 0 Å². The van der Waals surface area contributed by atoms with Crippen LogP contribution < -0.4 is 5.32 Å². The molecule has 0 bridgehead atoms. The van der Waals surface area contributed by atoms with Gasteiger partial charge in [-0.25, -0.2) is 0 Å². The van der Waals surface area contributed by atoms with Crippen LogP contribution in [-0.2, 0) is 9.53 Å². The van der Waals surface area contributed by atoms with Crippen LogP contribution in [0.25, 0.3) is 0 Å². The molecule has 0 saturated heterocycles. The van der Waals surface area contributed by atoms with Crippen LogP contribution in [0, 0.1) is 6.92 Å². The molecule has 0 aliphatic carbocycles. The molecule has 23 heavy (non-hydrogen) atoms. The molecule has 0 aliphatic heterocycles. The molecule has 1 amide bonds. The molecule has 1 atom stereocenters. The van der Waals surface area contributed by atoms with Crippen molar-refractivity contribution in [2.45, 2.75) is 46.7 Å². The summed E-state index contributed by atoms with van der Waals surface area (Å²) >= 11 is 1.32. The molecular weight excluding hydrogens is 329 g/mol. The normalized spacial score (nSPS) is 13.5. The first-order chi connectivity index (χ1) is 10.9. The van der Waals surface area contributed by atoms with Gasteiger partial charge in [0.15, 0.2) is 0 Å². The van der Waals surface area contributed by atoms with E-state index in [1.165, 1.54) is 18.4 Å². The second-order valence-electron chi connectivity index (χ2n) is 5.99. The van der Waals surface area contributed by atoms with Crippen LogP contribution >= 0.6 is 18.6 Å². The first-order valence-electron chi connectivity index (χ1n) is 8.37. The number of esters is 1. The molecule has 1 aromatic heterocycles. The van der Waals surface area contributed by atoms with Gasteiger partial charge >= 0.3 is 144 Å². The predicted molar refractivity (Wildman–Crippen MR) is 103 cm³/mol. The Kier molecular flexibility index (Phi) is 7.69. The fourth-order valence-corrected chi connectivity index (χ4v) is 8.83. The van der Waals surface area contributed by atoms with Gasteiger partial charge in [-0.3, -0.25) is 0 Å². The van der Waals surface area contributed by atoms with Crippen LogP contribution in [0.15, 0.2) is 5.38 Å². The monoisotopic (exact) mass is 359 g/mol. The Morgan fingerprint density at radius 3 is 2.22 bits per heavy atom. The summed E-state index contributed by atoms with van der Waals surface area (Å²) in [5.74, 6) is -0.326. The fourth-order valence-electron chi connectivity index (χ4n) is 3.44. The number of anilines is 1. The van der Waals surface area contributed by atoms with Crippen molar-refractivity contribution in [2.75, 3.05) is 30.9 Å². The van der Waals surface area contributed by atoms with E-state index in [0.29, 0.717) is 10.6 Å². The Morgan fingerprint density at radius 1 is 1.22 bits per heavy atom. The Balaban J connectivity index is 3.11. The maximum atomic E-state index is 13.0. The van der Waals surface area contributed by atoms with Crippen molar-refractivity contribution in [1.82, 2.24) is 0 Å². The molecule has 1 rings (SSSR count). The van der Waals surface area contributed by atoms with Crippen LogP contribution in [0.2, 0.25) is 0 Å². The molecule has 4 nitrogen and oxygen atoms in total. The predicted octanol–water partition coefficient (Wildman–Crippen LogP) is 4.37. The van der Waals surface area contributed by atoms with Crippen molar-refractivity contribution >= 4 is 36.2 Å². The molecule has 0 radical (unpaired) electrons. The van der Waals surface area contributed by atoms with E-state index < -0.39 is 13.2 Å². The Morgan fingerprint density at radius 2 is 1.78 bits per heavy atom. The van der Waals surface area contributed by atoms with Crippen molar-refractivity contribution in [2.24, 2.45) is 0 Å². The zero-order chi connectivity index (χ0) is 17.6. The number of nitrogens with one attached hydrogen (secondary N) is 1. The number of thiophene rings is 1. The SMILES string of the molecule is CCC(C(=O)Nc1c(C)csc1C(=O)OC)[PH](CC)(CC)CC. The van der Waals surface area contributed by atoms with E-state index in [1.807, 2.05) is 12.3 Å². The van der Waals surface area contributed by atoms with Crippen molar-refractivity contribution < 1.29 is 14.3 Å². The number of carbonyl (C=O) groups excluding carboxylic acids is 2. The fraction of sp³-hybridized carbons (Fsp3) is 0.647. The molecular formula is C17H30NO3PS. The van der Waals surface area contributed by atoms with Gasteiger partial charge in [-0.2, -0.15) is 0 Å². The average molecular weight is 359 g/mol. The third kappa shape index (κ3) is 4.13. The van der Waals surface area contributed by atoms with Gasteiger partial charge in [-0.1, -0.05) is 0 Å². The van der Waals surface area contributed by atoms with Gasteiger partial charge < -0.3 is 0 Å². The zero-order valence-corrected chi connectivity index (χ0v) is 16.9. The molecule has 0 fully saturated rings. The van der Waals surface area contributed by atoms with E-state index in [4.69, 9.17) is 4.74 Å². The number of methoxy groups -OCH3 is 1. The third-order valence-electron chi connectivity index (χ3n) is 5.17. The number of aryl methyl sites for hydroxylation is 1. The molecule has 1 unspecified atom stereocenters. The van der Waals surface area contributed by atoms with Gasteiger partial charge in [0, 0.05) is 0 Å². The van der Waals surface area contributed by atoms with Crippen LogP contribution in [0.1, 0.15) is 49.4 Å². The molecule has 0 aliphatic rings. The Hall–Kier alpha value is -0.930. The second kappa shape index (κ2) is 8.79. The average Bonchev–Trinajstić information content (AvgIpc) is 2.92. The standard InChI is InChI=1S/C17H30NO3PS/c1-7-13(22(8-2,9-3)10-4)16(19)18-14-12(5)11-23-15(14)17(20)21-6/h11,13,22H,7-10H2,1-6H3,(H,18,19). The number of hydrogen-bond acceptors (Lipinski definition) is 4. The van der Waals surface area contributed by atoms with Crippen molar-refractivity contribution in [3.63, 3.8) is 0 Å². The molecule has 1 N–H and O–H groups in total. The molecule has 0 saturated carbocycles. The minimum absolute atomic E-state index is 0.0661. The summed E-state index contributed by atoms with van der Waals surface area (Å²) in [6.07, 6.45) is 4.18. The van der Waals surface area contributed by atoms with Crippen molar-refractivity contribution in [3.8, 4) is 0 Å². The third-order valence-corrected chi connectivity index (χ3v) is 12.6. The van der Waals surface area contributed by atoms with E-state index in [1.54, 1.807) is 0 Å². The van der Waals surface area contributed by atoms with E-state index in [2.05, 4.69) is 33.0 Å². The first-order valence-corrected chi connectivity index (χ1v) is 12.0. The van der Waals surface area contributed by atoms with Crippen LogP contribution in [-0.4, -0.2) is 43.1 Å². The van der Waals surface area contributed by atoms with Gasteiger partial charge in [0.1, 0.15) is 0 Å². The summed E-state index contributed by atoms with van der Waals surface area (Å²) in [6, 6.07) is 0. The number of ether oxygens (including phenoxy) is 1. The quantitative estimate of drug-likeness (QED) is 0.554. The van der Waals surface area contributed by atoms with Gasteiger partial charge in [-0.05, 0) is 0 Å². The number of amides is 1. The zero-order valence-electron chi connectivity index (χ0n) is 15.1. The topological polar surface area (TPSA) is 55.4 Å². The van der Waals surface area contributed by atoms with Crippen LogP contribution in [0.4, 0.5) is 5.69 Å². The Labute approximate surface area is 144 Å². The molecule has 0 aromatic carbocycles. The molecule has 132 valence electrons. The van der Waals surface area contributed by atoms with Crippen LogP contribution in [0.3, 0.4) is 0 Å². The number of hydrogen-bond donors (Lipinski definition) is 1. The second-order valence-corrected chi connectivity index (χ2v) is 12.4. The summed E-state index contributed by atoms with van der Waals surface area (Å²) in [5.41, 5.74) is 1.61. The summed E-state index contributed by atoms with van der Waals surface area (Å²) in [4.78, 5) is 25.3. The van der Waals surface area contributed by atoms with Gasteiger partial charge in [0.05, 0.1) is 0 Å². The van der Waals surface area contributed by atoms with Crippen LogP contribution in [0.5, 0.6) is 0 Å². The minimum atomic E-state index is -1.64. The van der Waals surface area contributed by atoms with Crippen molar-refractivity contribution in [1.29, 1.82) is 0 Å².